The molecule has 1 aromatic rings. The summed E-state index contributed by atoms with van der Waals surface area (Å²) in [5.74, 6) is 3.75. The van der Waals surface area contributed by atoms with E-state index < -0.39 is 0 Å². The second kappa shape index (κ2) is 3.71. The Balaban J connectivity index is 1.47. The smallest absolute Gasteiger partial charge is 0.0233 e. The Kier molecular flexibility index (Phi) is 2.16. The van der Waals surface area contributed by atoms with Crippen molar-refractivity contribution in [3.8, 4) is 0 Å². The molecule has 0 N–H and O–H groups in total. The summed E-state index contributed by atoms with van der Waals surface area (Å²) in [5, 5.41) is 0. The summed E-state index contributed by atoms with van der Waals surface area (Å²) >= 11 is 0. The number of fused-ring (bicyclic) bond motifs is 5. The Morgan fingerprint density at radius 2 is 1.59 bits per heavy atom. The second-order valence-electron chi connectivity index (χ2n) is 5.96. The number of rotatable bonds is 2. The van der Waals surface area contributed by atoms with Crippen molar-refractivity contribution >= 4 is 0 Å². The van der Waals surface area contributed by atoms with Crippen molar-refractivity contribution in [2.45, 2.75) is 13.0 Å². The third kappa shape index (κ3) is 1.56. The van der Waals surface area contributed by atoms with Crippen LogP contribution in [0.3, 0.4) is 0 Å². The zero-order valence-electron chi connectivity index (χ0n) is 10.1. The highest BCUT2D eigenvalue weighted by molar-refractivity contribution is 5.18. The van der Waals surface area contributed by atoms with Gasteiger partial charge in [0.05, 0.1) is 0 Å². The first-order chi connectivity index (χ1) is 8.40. The highest BCUT2D eigenvalue weighted by atomic mass is 15.2. The Labute approximate surface area is 103 Å². The maximum Gasteiger partial charge on any atom is 0.0233 e. The Bertz CT molecular complexity index is 416. The van der Waals surface area contributed by atoms with Crippen molar-refractivity contribution in [1.82, 2.24) is 4.90 Å². The third-order valence-electron chi connectivity index (χ3n) is 4.99. The Morgan fingerprint density at radius 3 is 2.24 bits per heavy atom. The van der Waals surface area contributed by atoms with Crippen molar-refractivity contribution < 1.29 is 0 Å². The number of nitrogens with zero attached hydrogens (tertiary/aromatic N) is 1. The van der Waals surface area contributed by atoms with Gasteiger partial charge in [0.15, 0.2) is 0 Å². The average Bonchev–Trinajstić information content (AvgIpc) is 3.00. The van der Waals surface area contributed by atoms with Gasteiger partial charge in [0.25, 0.3) is 0 Å². The van der Waals surface area contributed by atoms with Gasteiger partial charge in [-0.25, -0.2) is 0 Å². The fourth-order valence-electron chi connectivity index (χ4n) is 4.21. The van der Waals surface area contributed by atoms with Crippen LogP contribution >= 0.6 is 0 Å². The van der Waals surface area contributed by atoms with E-state index in [1.165, 1.54) is 25.1 Å². The van der Waals surface area contributed by atoms with E-state index in [-0.39, 0.29) is 0 Å². The molecule has 88 valence electrons. The molecule has 0 aromatic heterocycles. The number of allylic oxidation sites excluding steroid dienone is 2. The van der Waals surface area contributed by atoms with Gasteiger partial charge in [-0.05, 0) is 35.7 Å². The van der Waals surface area contributed by atoms with Gasteiger partial charge in [0.2, 0.25) is 0 Å². The van der Waals surface area contributed by atoms with Gasteiger partial charge >= 0.3 is 0 Å². The van der Waals surface area contributed by atoms with E-state index in [0.29, 0.717) is 0 Å². The summed E-state index contributed by atoms with van der Waals surface area (Å²) in [7, 11) is 0. The van der Waals surface area contributed by atoms with Gasteiger partial charge in [0, 0.05) is 19.6 Å². The summed E-state index contributed by atoms with van der Waals surface area (Å²) in [5.41, 5.74) is 1.47. The molecular weight excluding hydrogens is 206 g/mol. The average molecular weight is 225 g/mol. The van der Waals surface area contributed by atoms with Crippen LogP contribution in [0.5, 0.6) is 0 Å². The molecule has 1 saturated carbocycles. The minimum atomic E-state index is 0.908. The van der Waals surface area contributed by atoms with Crippen LogP contribution in [0.4, 0.5) is 0 Å². The van der Waals surface area contributed by atoms with Crippen molar-refractivity contribution in [2.24, 2.45) is 23.7 Å². The van der Waals surface area contributed by atoms with Gasteiger partial charge in [-0.2, -0.15) is 0 Å². The van der Waals surface area contributed by atoms with Crippen LogP contribution < -0.4 is 0 Å². The maximum atomic E-state index is 2.66. The molecule has 1 aliphatic heterocycles. The lowest BCUT2D eigenvalue weighted by molar-refractivity contribution is 0.291. The molecule has 1 heterocycles. The number of hydrogen-bond acceptors (Lipinski definition) is 1. The summed E-state index contributed by atoms with van der Waals surface area (Å²) < 4.78 is 0. The van der Waals surface area contributed by atoms with Gasteiger partial charge in [0.1, 0.15) is 0 Å². The highest BCUT2D eigenvalue weighted by Gasteiger charge is 2.48. The van der Waals surface area contributed by atoms with Crippen molar-refractivity contribution in [3.63, 3.8) is 0 Å². The van der Waals surface area contributed by atoms with Crippen molar-refractivity contribution in [3.05, 3.63) is 48.0 Å². The molecule has 2 aliphatic carbocycles. The van der Waals surface area contributed by atoms with Gasteiger partial charge < -0.3 is 0 Å². The fraction of sp³-hybridized carbons (Fsp3) is 0.500. The molecule has 2 fully saturated rings. The van der Waals surface area contributed by atoms with Crippen LogP contribution in [0.25, 0.3) is 0 Å². The van der Waals surface area contributed by atoms with E-state index in [9.17, 15) is 0 Å². The van der Waals surface area contributed by atoms with Crippen LogP contribution in [0, 0.1) is 23.7 Å². The lowest BCUT2D eigenvalue weighted by atomic mass is 9.86. The summed E-state index contributed by atoms with van der Waals surface area (Å²) in [4.78, 5) is 2.66. The predicted octanol–water partition coefficient (Wildman–Crippen LogP) is 2.94. The third-order valence-corrected chi connectivity index (χ3v) is 4.99. The zero-order valence-corrected chi connectivity index (χ0v) is 10.1. The second-order valence-corrected chi connectivity index (χ2v) is 5.96. The normalized spacial score (nSPS) is 38.8. The summed E-state index contributed by atoms with van der Waals surface area (Å²) in [6.07, 6.45) is 6.42. The Morgan fingerprint density at radius 1 is 0.941 bits per heavy atom. The van der Waals surface area contributed by atoms with Crippen LogP contribution in [0.1, 0.15) is 12.0 Å². The quantitative estimate of drug-likeness (QED) is 0.699. The van der Waals surface area contributed by atoms with Crippen LogP contribution in [-0.2, 0) is 6.54 Å². The Hall–Kier alpha value is -1.08. The standard InChI is InChI=1S/C16H19N/c1-2-4-12(5-3-1)9-17-10-15-13-6-7-14(8-13)16(15)11-17/h1-7,13-16H,8-11H2/t13-,14+,15-,16+. The number of benzene rings is 1. The lowest BCUT2D eigenvalue weighted by Crippen LogP contribution is -2.22. The molecule has 2 bridgehead atoms. The number of likely N-dealkylation sites (tertiary alicyclic amines) is 1. The summed E-state index contributed by atoms with van der Waals surface area (Å²) in [6, 6.07) is 10.9. The molecule has 1 saturated heterocycles. The minimum Gasteiger partial charge on any atom is -0.298 e. The fourth-order valence-corrected chi connectivity index (χ4v) is 4.21. The SMILES string of the molecule is C1=C[C@H]2C[C@@H]1[C@H]1CN(Cc3ccccc3)C[C@H]12. The lowest BCUT2D eigenvalue weighted by Gasteiger charge is -2.18. The first-order valence-corrected chi connectivity index (χ1v) is 6.85. The van der Waals surface area contributed by atoms with E-state index in [4.69, 9.17) is 0 Å². The molecule has 0 spiro atoms. The largest absolute Gasteiger partial charge is 0.298 e. The van der Waals surface area contributed by atoms with Gasteiger partial charge in [-0.15, -0.1) is 0 Å². The van der Waals surface area contributed by atoms with Crippen molar-refractivity contribution in [2.75, 3.05) is 13.1 Å². The first-order valence-electron chi connectivity index (χ1n) is 6.85. The van der Waals surface area contributed by atoms with E-state index in [1.807, 2.05) is 0 Å². The molecule has 4 atom stereocenters. The van der Waals surface area contributed by atoms with E-state index in [2.05, 4.69) is 47.4 Å². The van der Waals surface area contributed by atoms with E-state index >= 15 is 0 Å². The zero-order chi connectivity index (χ0) is 11.2. The van der Waals surface area contributed by atoms with Gasteiger partial charge in [-0.1, -0.05) is 42.5 Å². The maximum absolute atomic E-state index is 2.66. The summed E-state index contributed by atoms with van der Waals surface area (Å²) in [6.45, 7) is 3.80. The van der Waals surface area contributed by atoms with Crippen molar-refractivity contribution in [1.29, 1.82) is 0 Å². The van der Waals surface area contributed by atoms with Gasteiger partial charge in [-0.3, -0.25) is 4.90 Å². The minimum absolute atomic E-state index is 0.908. The van der Waals surface area contributed by atoms with E-state index in [1.54, 1.807) is 0 Å². The van der Waals surface area contributed by atoms with Crippen LogP contribution in [0.15, 0.2) is 42.5 Å². The molecule has 17 heavy (non-hydrogen) atoms. The first kappa shape index (κ1) is 9.90. The molecule has 0 unspecified atom stereocenters. The van der Waals surface area contributed by atoms with Crippen LogP contribution in [-0.4, -0.2) is 18.0 Å². The molecule has 1 aromatic carbocycles. The molecule has 0 amide bonds. The molecule has 1 heteroatoms. The molecule has 0 radical (unpaired) electrons. The molecule has 1 nitrogen and oxygen atoms in total. The van der Waals surface area contributed by atoms with E-state index in [0.717, 1.165) is 30.2 Å². The highest BCUT2D eigenvalue weighted by Crippen LogP contribution is 2.51. The molecule has 3 aliphatic rings. The molecular formula is C16H19N. The topological polar surface area (TPSA) is 3.24 Å². The van der Waals surface area contributed by atoms with Crippen LogP contribution in [0.2, 0.25) is 0 Å². The predicted molar refractivity (Wildman–Crippen MR) is 69.4 cm³/mol. The molecule has 4 rings (SSSR count). The number of hydrogen-bond donors (Lipinski definition) is 0. The monoisotopic (exact) mass is 225 g/mol.